The minimum absolute atomic E-state index is 0.324. The molecule has 1 aliphatic heterocycles. The molecule has 2 rings (SSSR count). The fourth-order valence-electron chi connectivity index (χ4n) is 2.90. The van der Waals surface area contributed by atoms with E-state index in [4.69, 9.17) is 11.6 Å². The number of halogens is 1. The summed E-state index contributed by atoms with van der Waals surface area (Å²) in [5.41, 5.74) is 1.30. The Bertz CT molecular complexity index is 396. The van der Waals surface area contributed by atoms with Crippen molar-refractivity contribution in [3.05, 3.63) is 34.9 Å². The molecule has 1 heterocycles. The molecule has 2 atom stereocenters. The van der Waals surface area contributed by atoms with Gasteiger partial charge in [0, 0.05) is 24.2 Å². The minimum atomic E-state index is 0.324. The molecule has 1 aliphatic rings. The first kappa shape index (κ1) is 15.8. The van der Waals surface area contributed by atoms with Crippen LogP contribution in [-0.2, 0) is 0 Å². The van der Waals surface area contributed by atoms with E-state index in [1.807, 2.05) is 12.1 Å². The van der Waals surface area contributed by atoms with Crippen molar-refractivity contribution < 1.29 is 5.11 Å². The maximum absolute atomic E-state index is 9.20. The Balaban J connectivity index is 1.88. The van der Waals surface area contributed by atoms with Crippen LogP contribution in [0.25, 0.3) is 0 Å². The van der Waals surface area contributed by atoms with Crippen molar-refractivity contribution in [2.75, 3.05) is 32.8 Å². The third kappa shape index (κ3) is 4.45. The molecular formula is C16H25ClN2O. The van der Waals surface area contributed by atoms with Crippen molar-refractivity contribution in [3.63, 3.8) is 0 Å². The van der Waals surface area contributed by atoms with Gasteiger partial charge in [0.05, 0.1) is 0 Å². The van der Waals surface area contributed by atoms with E-state index in [0.717, 1.165) is 44.0 Å². The Morgan fingerprint density at radius 3 is 2.75 bits per heavy atom. The molecule has 20 heavy (non-hydrogen) atoms. The van der Waals surface area contributed by atoms with Crippen LogP contribution in [0.1, 0.15) is 31.4 Å². The number of hydrogen-bond donors (Lipinski definition) is 2. The highest BCUT2D eigenvalue weighted by Gasteiger charge is 2.22. The number of rotatable bonds is 7. The molecule has 1 aromatic carbocycles. The van der Waals surface area contributed by atoms with E-state index < -0.39 is 0 Å². The first-order valence-electron chi connectivity index (χ1n) is 7.55. The number of aliphatic hydroxyl groups excluding tert-OH is 1. The molecule has 0 radical (unpaired) electrons. The second-order valence-corrected chi connectivity index (χ2v) is 6.02. The van der Waals surface area contributed by atoms with Gasteiger partial charge < -0.3 is 15.3 Å². The summed E-state index contributed by atoms with van der Waals surface area (Å²) in [7, 11) is 0. The predicted molar refractivity (Wildman–Crippen MR) is 84.1 cm³/mol. The molecule has 0 aliphatic carbocycles. The van der Waals surface area contributed by atoms with Crippen LogP contribution in [0.3, 0.4) is 0 Å². The lowest BCUT2D eigenvalue weighted by Crippen LogP contribution is -2.28. The molecule has 1 fully saturated rings. The molecule has 0 amide bonds. The van der Waals surface area contributed by atoms with Crippen molar-refractivity contribution in [1.82, 2.24) is 10.2 Å². The largest absolute Gasteiger partial charge is 0.396 e. The molecule has 2 unspecified atom stereocenters. The number of likely N-dealkylation sites (tertiary alicyclic amines) is 1. The standard InChI is InChI=1S/C16H25ClN2O/c1-2-18-16(14-3-5-15(17)6-4-14)8-10-19-9-7-13(11-19)12-20/h3-6,13,16,18,20H,2,7-12H2,1H3. The lowest BCUT2D eigenvalue weighted by Gasteiger charge is -2.22. The molecule has 3 nitrogen and oxygen atoms in total. The molecule has 1 aromatic rings. The van der Waals surface area contributed by atoms with Crippen LogP contribution in [0.15, 0.2) is 24.3 Å². The maximum Gasteiger partial charge on any atom is 0.0471 e. The molecule has 112 valence electrons. The summed E-state index contributed by atoms with van der Waals surface area (Å²) in [6, 6.07) is 8.51. The van der Waals surface area contributed by atoms with E-state index in [1.165, 1.54) is 5.56 Å². The molecular weight excluding hydrogens is 272 g/mol. The van der Waals surface area contributed by atoms with Gasteiger partial charge in [0.15, 0.2) is 0 Å². The van der Waals surface area contributed by atoms with Gasteiger partial charge in [-0.05, 0) is 56.1 Å². The smallest absolute Gasteiger partial charge is 0.0471 e. The van der Waals surface area contributed by atoms with Crippen LogP contribution in [0.2, 0.25) is 5.02 Å². The number of hydrogen-bond acceptors (Lipinski definition) is 3. The Morgan fingerprint density at radius 2 is 2.15 bits per heavy atom. The summed E-state index contributed by atoms with van der Waals surface area (Å²) < 4.78 is 0. The van der Waals surface area contributed by atoms with Gasteiger partial charge in [-0.3, -0.25) is 0 Å². The van der Waals surface area contributed by atoms with E-state index in [2.05, 4.69) is 29.3 Å². The summed E-state index contributed by atoms with van der Waals surface area (Å²) in [6.07, 6.45) is 2.22. The van der Waals surface area contributed by atoms with Crippen LogP contribution in [0.5, 0.6) is 0 Å². The number of nitrogens with zero attached hydrogens (tertiary/aromatic N) is 1. The van der Waals surface area contributed by atoms with Crippen molar-refractivity contribution in [3.8, 4) is 0 Å². The highest BCUT2D eigenvalue weighted by Crippen LogP contribution is 2.22. The van der Waals surface area contributed by atoms with Crippen molar-refractivity contribution in [2.45, 2.75) is 25.8 Å². The van der Waals surface area contributed by atoms with E-state index in [1.54, 1.807) is 0 Å². The average Bonchev–Trinajstić information content (AvgIpc) is 2.92. The summed E-state index contributed by atoms with van der Waals surface area (Å²) in [5, 5.41) is 13.5. The number of nitrogens with one attached hydrogen (secondary N) is 1. The summed E-state index contributed by atoms with van der Waals surface area (Å²) in [6.45, 7) is 6.66. The van der Waals surface area contributed by atoms with Gasteiger partial charge in [0.25, 0.3) is 0 Å². The normalized spacial score (nSPS) is 21.2. The van der Waals surface area contributed by atoms with Crippen LogP contribution in [0.4, 0.5) is 0 Å². The zero-order valence-corrected chi connectivity index (χ0v) is 12.9. The van der Waals surface area contributed by atoms with Gasteiger partial charge in [-0.2, -0.15) is 0 Å². The van der Waals surface area contributed by atoms with Crippen LogP contribution in [-0.4, -0.2) is 42.8 Å². The van der Waals surface area contributed by atoms with Crippen LogP contribution < -0.4 is 5.32 Å². The third-order valence-corrected chi connectivity index (χ3v) is 4.34. The monoisotopic (exact) mass is 296 g/mol. The SMILES string of the molecule is CCNC(CCN1CCC(CO)C1)c1ccc(Cl)cc1. The lowest BCUT2D eigenvalue weighted by atomic mass is 10.0. The molecule has 0 spiro atoms. The molecule has 2 N–H and O–H groups in total. The second-order valence-electron chi connectivity index (χ2n) is 5.59. The van der Waals surface area contributed by atoms with E-state index in [0.29, 0.717) is 18.6 Å². The van der Waals surface area contributed by atoms with E-state index in [-0.39, 0.29) is 0 Å². The average molecular weight is 297 g/mol. The first-order valence-corrected chi connectivity index (χ1v) is 7.92. The van der Waals surface area contributed by atoms with Crippen molar-refractivity contribution >= 4 is 11.6 Å². The molecule has 0 aromatic heterocycles. The Hall–Kier alpha value is -0.610. The summed E-state index contributed by atoms with van der Waals surface area (Å²) >= 11 is 5.95. The van der Waals surface area contributed by atoms with Crippen molar-refractivity contribution in [2.24, 2.45) is 5.92 Å². The Labute approximate surface area is 126 Å². The quantitative estimate of drug-likeness (QED) is 0.812. The van der Waals surface area contributed by atoms with Crippen LogP contribution >= 0.6 is 11.6 Å². The lowest BCUT2D eigenvalue weighted by molar-refractivity contribution is 0.219. The van der Waals surface area contributed by atoms with Gasteiger partial charge >= 0.3 is 0 Å². The summed E-state index contributed by atoms with van der Waals surface area (Å²) in [5.74, 6) is 0.475. The van der Waals surface area contributed by atoms with E-state index >= 15 is 0 Å². The van der Waals surface area contributed by atoms with Gasteiger partial charge in [0.1, 0.15) is 0 Å². The van der Waals surface area contributed by atoms with Gasteiger partial charge in [0.2, 0.25) is 0 Å². The maximum atomic E-state index is 9.20. The highest BCUT2D eigenvalue weighted by molar-refractivity contribution is 6.30. The van der Waals surface area contributed by atoms with Crippen LogP contribution in [0, 0.1) is 5.92 Å². The van der Waals surface area contributed by atoms with E-state index in [9.17, 15) is 5.11 Å². The Kier molecular flexibility index (Phi) is 6.30. The number of aliphatic hydroxyl groups is 1. The molecule has 0 bridgehead atoms. The zero-order chi connectivity index (χ0) is 14.4. The molecule has 4 heteroatoms. The second kappa shape index (κ2) is 7.99. The predicted octanol–water partition coefficient (Wildman–Crippen LogP) is 2.69. The topological polar surface area (TPSA) is 35.5 Å². The molecule has 0 saturated carbocycles. The number of benzene rings is 1. The highest BCUT2D eigenvalue weighted by atomic mass is 35.5. The van der Waals surface area contributed by atoms with Crippen molar-refractivity contribution in [1.29, 1.82) is 0 Å². The van der Waals surface area contributed by atoms with Gasteiger partial charge in [-0.15, -0.1) is 0 Å². The third-order valence-electron chi connectivity index (χ3n) is 4.09. The fourth-order valence-corrected chi connectivity index (χ4v) is 3.03. The minimum Gasteiger partial charge on any atom is -0.396 e. The fraction of sp³-hybridized carbons (Fsp3) is 0.625. The zero-order valence-electron chi connectivity index (χ0n) is 12.2. The first-order chi connectivity index (χ1) is 9.72. The van der Waals surface area contributed by atoms with Gasteiger partial charge in [-0.25, -0.2) is 0 Å². The van der Waals surface area contributed by atoms with Gasteiger partial charge in [-0.1, -0.05) is 30.7 Å². The molecule has 1 saturated heterocycles. The summed E-state index contributed by atoms with van der Waals surface area (Å²) in [4.78, 5) is 2.46. The Morgan fingerprint density at radius 1 is 1.40 bits per heavy atom.